The number of morpholine rings is 1. The number of benzene rings is 1. The molecule has 0 radical (unpaired) electrons. The third-order valence-corrected chi connectivity index (χ3v) is 5.96. The van der Waals surface area contributed by atoms with Crippen LogP contribution in [-0.4, -0.2) is 81.8 Å². The van der Waals surface area contributed by atoms with Gasteiger partial charge in [0.2, 0.25) is 0 Å². The molecule has 3 aliphatic rings. The lowest BCUT2D eigenvalue weighted by Gasteiger charge is -2.29. The Bertz CT molecular complexity index is 690. The number of nitrogens with zero attached hydrogens (tertiary/aromatic N) is 4. The maximum atomic E-state index is 5.47. The summed E-state index contributed by atoms with van der Waals surface area (Å²) in [5.74, 6) is 1.75. The zero-order valence-corrected chi connectivity index (χ0v) is 17.0. The lowest BCUT2D eigenvalue weighted by molar-refractivity contribution is 0.0315. The molecule has 152 valence electrons. The molecule has 1 aromatic rings. The van der Waals surface area contributed by atoms with Gasteiger partial charge in [-0.15, -0.1) is 0 Å². The molecular weight excluding hydrogens is 350 g/mol. The van der Waals surface area contributed by atoms with E-state index >= 15 is 0 Å². The van der Waals surface area contributed by atoms with Gasteiger partial charge in [0.15, 0.2) is 5.96 Å². The quantitative estimate of drug-likeness (QED) is 0.477. The lowest BCUT2D eigenvalue weighted by atomic mass is 10.1. The molecule has 1 aromatic carbocycles. The molecule has 0 amide bonds. The molecule has 1 unspecified atom stereocenters. The maximum absolute atomic E-state index is 5.47. The first-order chi connectivity index (χ1) is 13.8. The number of guanidine groups is 1. The largest absolute Gasteiger partial charge is 0.379 e. The number of hydrogen-bond donors (Lipinski definition) is 1. The van der Waals surface area contributed by atoms with Crippen LogP contribution in [0, 0.1) is 5.92 Å². The Hall–Kier alpha value is -2.05. The minimum absolute atomic E-state index is 0.725. The molecule has 0 bridgehead atoms. The smallest absolute Gasteiger partial charge is 0.193 e. The summed E-state index contributed by atoms with van der Waals surface area (Å²) in [5.41, 5.74) is 2.60. The van der Waals surface area contributed by atoms with Crippen molar-refractivity contribution in [3.63, 3.8) is 0 Å². The number of rotatable bonds is 5. The molecule has 0 aliphatic carbocycles. The fraction of sp³-hybridized carbons (Fsp3) is 0.591. The fourth-order valence-electron chi connectivity index (χ4n) is 4.39. The predicted octanol–water partition coefficient (Wildman–Crippen LogP) is 1.79. The third kappa shape index (κ3) is 4.86. The van der Waals surface area contributed by atoms with Crippen molar-refractivity contribution in [2.45, 2.75) is 13.0 Å². The van der Waals surface area contributed by atoms with E-state index in [0.717, 1.165) is 70.9 Å². The second kappa shape index (κ2) is 9.43. The summed E-state index contributed by atoms with van der Waals surface area (Å²) in [6.45, 7) is 10.1. The van der Waals surface area contributed by atoms with Crippen LogP contribution >= 0.6 is 0 Å². The van der Waals surface area contributed by atoms with E-state index in [4.69, 9.17) is 4.74 Å². The first kappa shape index (κ1) is 19.3. The second-order valence-corrected chi connectivity index (χ2v) is 7.96. The van der Waals surface area contributed by atoms with Gasteiger partial charge in [-0.2, -0.15) is 0 Å². The van der Waals surface area contributed by atoms with E-state index in [0.29, 0.717) is 0 Å². The average molecular weight is 384 g/mol. The van der Waals surface area contributed by atoms with Crippen LogP contribution in [-0.2, 0) is 11.3 Å². The molecule has 28 heavy (non-hydrogen) atoms. The fourth-order valence-corrected chi connectivity index (χ4v) is 4.39. The first-order valence-electron chi connectivity index (χ1n) is 10.6. The van der Waals surface area contributed by atoms with Crippen LogP contribution in [0.4, 0.5) is 5.69 Å². The van der Waals surface area contributed by atoms with Crippen molar-refractivity contribution in [1.29, 1.82) is 0 Å². The minimum Gasteiger partial charge on any atom is -0.379 e. The molecule has 4 rings (SSSR count). The van der Waals surface area contributed by atoms with Crippen LogP contribution in [0.25, 0.3) is 0 Å². The second-order valence-electron chi connectivity index (χ2n) is 7.96. The number of likely N-dealkylation sites (tertiary alicyclic amines) is 1. The van der Waals surface area contributed by atoms with Crippen molar-refractivity contribution < 1.29 is 4.74 Å². The van der Waals surface area contributed by atoms with Crippen LogP contribution in [0.1, 0.15) is 12.0 Å². The van der Waals surface area contributed by atoms with Gasteiger partial charge < -0.3 is 19.9 Å². The Balaban J connectivity index is 1.27. The van der Waals surface area contributed by atoms with E-state index in [9.17, 15) is 0 Å². The topological polar surface area (TPSA) is 43.3 Å². The van der Waals surface area contributed by atoms with E-state index in [-0.39, 0.29) is 0 Å². The highest BCUT2D eigenvalue weighted by Gasteiger charge is 2.27. The maximum Gasteiger partial charge on any atom is 0.193 e. The van der Waals surface area contributed by atoms with Crippen molar-refractivity contribution in [3.05, 3.63) is 42.0 Å². The van der Waals surface area contributed by atoms with Crippen molar-refractivity contribution >= 4 is 11.6 Å². The first-order valence-corrected chi connectivity index (χ1v) is 10.6. The van der Waals surface area contributed by atoms with Gasteiger partial charge in [-0.3, -0.25) is 9.89 Å². The average Bonchev–Trinajstić information content (AvgIpc) is 3.42. The van der Waals surface area contributed by atoms with Crippen LogP contribution in [0.3, 0.4) is 0 Å². The van der Waals surface area contributed by atoms with Crippen molar-refractivity contribution in [1.82, 2.24) is 15.1 Å². The SMILES string of the molecule is CN=C(NCc1cccc(N2CC=CC2)c1)N1CCC(CN2CCOCC2)C1. The summed E-state index contributed by atoms with van der Waals surface area (Å²) in [6, 6.07) is 8.83. The summed E-state index contributed by atoms with van der Waals surface area (Å²) in [6.07, 6.45) is 5.70. The van der Waals surface area contributed by atoms with Gasteiger partial charge in [0.1, 0.15) is 0 Å². The minimum atomic E-state index is 0.725. The zero-order chi connectivity index (χ0) is 19.2. The summed E-state index contributed by atoms with van der Waals surface area (Å²) in [4.78, 5) is 11.9. The molecule has 0 spiro atoms. The molecule has 2 fully saturated rings. The standard InChI is InChI=1S/C22H33N5O/c1-23-22(27-10-7-20(18-27)17-25-11-13-28-14-12-25)24-16-19-5-4-6-21(15-19)26-8-2-3-9-26/h2-6,15,20H,7-14,16-18H2,1H3,(H,23,24). The summed E-state index contributed by atoms with van der Waals surface area (Å²) in [7, 11) is 1.89. The van der Waals surface area contributed by atoms with Gasteiger partial charge in [0.25, 0.3) is 0 Å². The molecule has 3 heterocycles. The van der Waals surface area contributed by atoms with E-state index in [1.54, 1.807) is 0 Å². The highest BCUT2D eigenvalue weighted by molar-refractivity contribution is 5.80. The number of hydrogen-bond acceptors (Lipinski definition) is 4. The Morgan fingerprint density at radius 1 is 1.18 bits per heavy atom. The van der Waals surface area contributed by atoms with Gasteiger partial charge in [-0.1, -0.05) is 24.3 Å². The number of ether oxygens (including phenoxy) is 1. The van der Waals surface area contributed by atoms with E-state index in [2.05, 4.69) is 61.4 Å². The molecule has 0 saturated carbocycles. The molecule has 2 saturated heterocycles. The highest BCUT2D eigenvalue weighted by Crippen LogP contribution is 2.20. The molecule has 6 nitrogen and oxygen atoms in total. The van der Waals surface area contributed by atoms with Gasteiger partial charge in [-0.05, 0) is 30.0 Å². The predicted molar refractivity (Wildman–Crippen MR) is 115 cm³/mol. The monoisotopic (exact) mass is 383 g/mol. The molecule has 3 aliphatic heterocycles. The molecular formula is C22H33N5O. The third-order valence-electron chi connectivity index (χ3n) is 5.96. The van der Waals surface area contributed by atoms with Crippen LogP contribution in [0.15, 0.2) is 41.4 Å². The number of anilines is 1. The Labute approximate surface area is 168 Å². The summed E-state index contributed by atoms with van der Waals surface area (Å²) < 4.78 is 5.47. The molecule has 6 heteroatoms. The van der Waals surface area contributed by atoms with Crippen molar-refractivity contribution in [3.8, 4) is 0 Å². The molecule has 1 N–H and O–H groups in total. The van der Waals surface area contributed by atoms with Crippen molar-refractivity contribution in [2.75, 3.05) is 71.0 Å². The van der Waals surface area contributed by atoms with E-state index in [1.165, 1.54) is 24.2 Å². The van der Waals surface area contributed by atoms with Crippen LogP contribution in [0.2, 0.25) is 0 Å². The zero-order valence-electron chi connectivity index (χ0n) is 17.0. The van der Waals surface area contributed by atoms with Crippen molar-refractivity contribution in [2.24, 2.45) is 10.9 Å². The Morgan fingerprint density at radius 3 is 2.79 bits per heavy atom. The molecule has 0 aromatic heterocycles. The normalized spacial score (nSPS) is 23.6. The van der Waals surface area contributed by atoms with Gasteiger partial charge in [0.05, 0.1) is 13.2 Å². The van der Waals surface area contributed by atoms with E-state index < -0.39 is 0 Å². The van der Waals surface area contributed by atoms with Crippen LogP contribution in [0.5, 0.6) is 0 Å². The van der Waals surface area contributed by atoms with Gasteiger partial charge in [-0.25, -0.2) is 0 Å². The number of aliphatic imine (C=N–C) groups is 1. The number of nitrogens with one attached hydrogen (secondary N) is 1. The summed E-state index contributed by atoms with van der Waals surface area (Å²) >= 11 is 0. The lowest BCUT2D eigenvalue weighted by Crippen LogP contribution is -2.42. The van der Waals surface area contributed by atoms with Gasteiger partial charge >= 0.3 is 0 Å². The Kier molecular flexibility index (Phi) is 6.49. The van der Waals surface area contributed by atoms with Crippen LogP contribution < -0.4 is 10.2 Å². The van der Waals surface area contributed by atoms with E-state index in [1.807, 2.05) is 7.05 Å². The summed E-state index contributed by atoms with van der Waals surface area (Å²) in [5, 5.41) is 3.58. The molecule has 1 atom stereocenters. The Morgan fingerprint density at radius 2 is 2.00 bits per heavy atom. The highest BCUT2D eigenvalue weighted by atomic mass is 16.5. The van der Waals surface area contributed by atoms with Gasteiger partial charge in [0, 0.05) is 65.1 Å².